The van der Waals surface area contributed by atoms with Gasteiger partial charge in [0.2, 0.25) is 0 Å². The molecule has 2 aliphatic rings. The van der Waals surface area contributed by atoms with Crippen LogP contribution in [0.15, 0.2) is 30.5 Å². The van der Waals surface area contributed by atoms with E-state index in [1.807, 2.05) is 18.3 Å². The third-order valence-electron chi connectivity index (χ3n) is 7.78. The zero-order valence-electron chi connectivity index (χ0n) is 20.6. The highest BCUT2D eigenvalue weighted by molar-refractivity contribution is 7.99. The van der Waals surface area contributed by atoms with Gasteiger partial charge in [0.05, 0.1) is 18.5 Å². The van der Waals surface area contributed by atoms with Gasteiger partial charge in [0.1, 0.15) is 5.75 Å². The smallest absolute Gasteiger partial charge is 0.308 e. The van der Waals surface area contributed by atoms with Crippen LogP contribution in [0.1, 0.15) is 63.4 Å². The third-order valence-corrected chi connectivity index (χ3v) is 9.14. The number of hydrogen-bond donors (Lipinski definition) is 1. The molecule has 1 saturated heterocycles. The molecule has 34 heavy (non-hydrogen) atoms. The Morgan fingerprint density at radius 1 is 1.18 bits per heavy atom. The highest BCUT2D eigenvalue weighted by atomic mass is 32.2. The van der Waals surface area contributed by atoms with Crippen LogP contribution < -0.4 is 4.74 Å². The van der Waals surface area contributed by atoms with Gasteiger partial charge in [-0.3, -0.25) is 9.78 Å². The molecule has 2 fully saturated rings. The summed E-state index contributed by atoms with van der Waals surface area (Å²) in [4.78, 5) is 19.0. The first-order chi connectivity index (χ1) is 16.6. The number of hydrogen-bond acceptors (Lipinski definition) is 5. The van der Waals surface area contributed by atoms with Gasteiger partial charge in [-0.1, -0.05) is 25.7 Å². The van der Waals surface area contributed by atoms with Crippen LogP contribution in [0.25, 0.3) is 10.9 Å². The van der Waals surface area contributed by atoms with Crippen LogP contribution in [0.2, 0.25) is 0 Å². The number of benzene rings is 1. The van der Waals surface area contributed by atoms with Crippen molar-refractivity contribution in [3.63, 3.8) is 0 Å². The molecule has 1 aromatic carbocycles. The summed E-state index contributed by atoms with van der Waals surface area (Å²) < 4.78 is 5.40. The molecule has 1 saturated carbocycles. The number of aromatic nitrogens is 1. The van der Waals surface area contributed by atoms with Gasteiger partial charge in [-0.25, -0.2) is 0 Å². The fourth-order valence-corrected chi connectivity index (χ4v) is 7.10. The van der Waals surface area contributed by atoms with E-state index in [4.69, 9.17) is 4.74 Å². The van der Waals surface area contributed by atoms with Crippen LogP contribution in [0.3, 0.4) is 0 Å². The molecule has 0 bridgehead atoms. The molecular formula is C28H40N2O3S. The highest BCUT2D eigenvalue weighted by Gasteiger charge is 2.33. The molecule has 6 heteroatoms. The van der Waals surface area contributed by atoms with Crippen molar-refractivity contribution in [1.29, 1.82) is 0 Å². The molecule has 5 nitrogen and oxygen atoms in total. The maximum atomic E-state index is 12.1. The molecule has 0 unspecified atom stereocenters. The van der Waals surface area contributed by atoms with Gasteiger partial charge in [0.15, 0.2) is 0 Å². The summed E-state index contributed by atoms with van der Waals surface area (Å²) in [5.74, 6) is 1.39. The number of carboxylic acid groups (broad SMARTS) is 1. The lowest BCUT2D eigenvalue weighted by Gasteiger charge is -2.36. The lowest BCUT2D eigenvalue weighted by atomic mass is 9.81. The Balaban J connectivity index is 1.26. The molecule has 2 atom stereocenters. The number of aryl methyl sites for hydroxylation is 1. The highest BCUT2D eigenvalue weighted by Crippen LogP contribution is 2.31. The van der Waals surface area contributed by atoms with Crippen molar-refractivity contribution in [2.75, 3.05) is 32.5 Å². The van der Waals surface area contributed by atoms with E-state index in [0.717, 1.165) is 66.4 Å². The number of carbonyl (C=O) groups is 1. The predicted molar refractivity (Wildman–Crippen MR) is 141 cm³/mol. The number of carboxylic acids is 1. The average molecular weight is 485 g/mol. The Hall–Kier alpha value is -1.79. The summed E-state index contributed by atoms with van der Waals surface area (Å²) in [6, 6.07) is 8.09. The Morgan fingerprint density at radius 2 is 2.00 bits per heavy atom. The van der Waals surface area contributed by atoms with E-state index in [0.29, 0.717) is 6.54 Å². The second kappa shape index (κ2) is 12.8. The maximum absolute atomic E-state index is 12.1. The number of ether oxygens (including phenoxy) is 1. The Kier molecular flexibility index (Phi) is 9.51. The zero-order chi connectivity index (χ0) is 23.8. The van der Waals surface area contributed by atoms with Crippen molar-refractivity contribution in [3.8, 4) is 5.75 Å². The van der Waals surface area contributed by atoms with Gasteiger partial charge in [0.25, 0.3) is 0 Å². The molecule has 4 rings (SSSR count). The van der Waals surface area contributed by atoms with Gasteiger partial charge < -0.3 is 14.7 Å². The normalized spacial score (nSPS) is 22.5. The molecule has 1 N–H and O–H groups in total. The molecule has 186 valence electrons. The SMILES string of the molecule is COc1ccc2nccc(CCC[C@@H]3CCN(CCSC4CCCCCC4)C[C@@H]3C(=O)O)c2c1. The van der Waals surface area contributed by atoms with Crippen molar-refractivity contribution in [2.45, 2.75) is 69.5 Å². The topological polar surface area (TPSA) is 62.7 Å². The summed E-state index contributed by atoms with van der Waals surface area (Å²) in [6.07, 6.45) is 14.1. The van der Waals surface area contributed by atoms with E-state index >= 15 is 0 Å². The number of thioether (sulfide) groups is 1. The number of rotatable bonds is 10. The minimum Gasteiger partial charge on any atom is -0.497 e. The van der Waals surface area contributed by atoms with Crippen LogP contribution in [0.5, 0.6) is 5.75 Å². The van der Waals surface area contributed by atoms with Crippen LogP contribution in [0.4, 0.5) is 0 Å². The number of likely N-dealkylation sites (tertiary alicyclic amines) is 1. The Labute approximate surface area is 208 Å². The number of nitrogens with zero attached hydrogens (tertiary/aromatic N) is 2. The van der Waals surface area contributed by atoms with Crippen LogP contribution >= 0.6 is 11.8 Å². The predicted octanol–water partition coefficient (Wildman–Crippen LogP) is 6.04. The minimum atomic E-state index is -0.620. The van der Waals surface area contributed by atoms with Crippen LogP contribution in [0, 0.1) is 11.8 Å². The molecular weight excluding hydrogens is 444 g/mol. The molecule has 0 spiro atoms. The lowest BCUT2D eigenvalue weighted by molar-refractivity contribution is -0.146. The van der Waals surface area contributed by atoms with E-state index in [1.54, 1.807) is 7.11 Å². The first kappa shape index (κ1) is 25.3. The summed E-state index contributed by atoms with van der Waals surface area (Å²) >= 11 is 2.13. The Bertz CT molecular complexity index is 929. The van der Waals surface area contributed by atoms with Gasteiger partial charge in [-0.05, 0) is 80.8 Å². The largest absolute Gasteiger partial charge is 0.497 e. The number of pyridine rings is 1. The van der Waals surface area contributed by atoms with E-state index < -0.39 is 5.97 Å². The molecule has 1 aromatic heterocycles. The first-order valence-corrected chi connectivity index (χ1v) is 14.2. The molecule has 1 aliphatic heterocycles. The van der Waals surface area contributed by atoms with Gasteiger partial charge in [-0.2, -0.15) is 11.8 Å². The molecule has 1 aliphatic carbocycles. The molecule has 0 radical (unpaired) electrons. The monoisotopic (exact) mass is 484 g/mol. The summed E-state index contributed by atoms with van der Waals surface area (Å²) in [5, 5.41) is 11.9. The second-order valence-electron chi connectivity index (χ2n) is 10.0. The zero-order valence-corrected chi connectivity index (χ0v) is 21.4. The lowest BCUT2D eigenvalue weighted by Crippen LogP contribution is -2.44. The molecule has 2 aromatic rings. The van der Waals surface area contributed by atoms with E-state index in [2.05, 4.69) is 33.8 Å². The average Bonchev–Trinajstić information content (AvgIpc) is 3.13. The van der Waals surface area contributed by atoms with E-state index in [-0.39, 0.29) is 11.8 Å². The fourth-order valence-electron chi connectivity index (χ4n) is 5.74. The summed E-state index contributed by atoms with van der Waals surface area (Å²) in [5.41, 5.74) is 2.25. The van der Waals surface area contributed by atoms with Crippen molar-refractivity contribution in [3.05, 3.63) is 36.0 Å². The van der Waals surface area contributed by atoms with Crippen molar-refractivity contribution < 1.29 is 14.6 Å². The van der Waals surface area contributed by atoms with Crippen molar-refractivity contribution in [2.24, 2.45) is 11.8 Å². The fraction of sp³-hybridized carbons (Fsp3) is 0.643. The summed E-state index contributed by atoms with van der Waals surface area (Å²) in [7, 11) is 1.69. The number of fused-ring (bicyclic) bond motifs is 1. The maximum Gasteiger partial charge on any atom is 0.308 e. The van der Waals surface area contributed by atoms with E-state index in [1.165, 1.54) is 44.1 Å². The van der Waals surface area contributed by atoms with Gasteiger partial charge in [0, 0.05) is 35.7 Å². The number of aliphatic carboxylic acids is 1. The van der Waals surface area contributed by atoms with Crippen LogP contribution in [-0.2, 0) is 11.2 Å². The summed E-state index contributed by atoms with van der Waals surface area (Å²) in [6.45, 7) is 2.78. The molecule has 0 amide bonds. The van der Waals surface area contributed by atoms with Crippen molar-refractivity contribution in [1.82, 2.24) is 9.88 Å². The standard InChI is InChI=1S/C28H40N2O3S/c1-33-23-11-12-27-25(19-23)21(13-15-29-27)7-6-8-22-14-16-30(20-26(22)28(31)32)17-18-34-24-9-4-2-3-5-10-24/h11-13,15,19,22,24,26H,2-10,14,16-18,20H2,1H3,(H,31,32)/t22-,26+/m1/s1. The van der Waals surface area contributed by atoms with E-state index in [9.17, 15) is 9.90 Å². The Morgan fingerprint density at radius 3 is 2.76 bits per heavy atom. The quantitative estimate of drug-likeness (QED) is 0.415. The first-order valence-electron chi connectivity index (χ1n) is 13.1. The number of piperidine rings is 1. The molecule has 2 heterocycles. The number of methoxy groups -OCH3 is 1. The van der Waals surface area contributed by atoms with Crippen LogP contribution in [-0.4, -0.2) is 58.7 Å². The van der Waals surface area contributed by atoms with Gasteiger partial charge >= 0.3 is 5.97 Å². The van der Waals surface area contributed by atoms with Gasteiger partial charge in [-0.15, -0.1) is 0 Å². The van der Waals surface area contributed by atoms with Crippen molar-refractivity contribution >= 4 is 28.6 Å². The minimum absolute atomic E-state index is 0.245. The second-order valence-corrected chi connectivity index (χ2v) is 11.4. The third kappa shape index (κ3) is 6.88.